The van der Waals surface area contributed by atoms with E-state index in [9.17, 15) is 0 Å². The summed E-state index contributed by atoms with van der Waals surface area (Å²) in [6, 6.07) is 0.528. The topological polar surface area (TPSA) is 13.1 Å². The van der Waals surface area contributed by atoms with E-state index in [-0.39, 0.29) is 42.6 Å². The molecule has 0 amide bonds. The van der Waals surface area contributed by atoms with Crippen molar-refractivity contribution in [1.82, 2.24) is 0 Å². The Kier molecular flexibility index (Phi) is 42.5. The molecule has 0 N–H and O–H groups in total. The zero-order chi connectivity index (χ0) is 12.9. The van der Waals surface area contributed by atoms with E-state index >= 15 is 0 Å². The van der Waals surface area contributed by atoms with Gasteiger partial charge in [0.05, 0.1) is 0 Å². The van der Waals surface area contributed by atoms with Crippen LogP contribution in [0.15, 0.2) is 0 Å². The van der Waals surface area contributed by atoms with Gasteiger partial charge in [-0.25, -0.2) is 19.7 Å². The van der Waals surface area contributed by atoms with E-state index in [1.165, 1.54) is 0 Å². The van der Waals surface area contributed by atoms with Crippen LogP contribution in [-0.4, -0.2) is 18.1 Å². The monoisotopic (exact) mass is 277 g/mol. The maximum Gasteiger partial charge on any atom is 0.218 e. The van der Waals surface area contributed by atoms with E-state index in [1.807, 2.05) is 41.5 Å². The van der Waals surface area contributed by atoms with E-state index in [0.29, 0.717) is 0 Å². The third-order valence-electron chi connectivity index (χ3n) is 0.775. The van der Waals surface area contributed by atoms with E-state index < -0.39 is 0 Å². The summed E-state index contributed by atoms with van der Waals surface area (Å²) in [5, 5.41) is 0. The first-order chi connectivity index (χ1) is 6.81. The van der Waals surface area contributed by atoms with Gasteiger partial charge in [0.15, 0.2) is 0 Å². The standard InChI is InChI=1S/3C4H7N.CH3.Mn/c3*1-4(2)5-3;;/h3*4H,1-2H3;1H3;/q;;;-1;. The fourth-order valence-electron chi connectivity index (χ4n) is 0. The van der Waals surface area contributed by atoms with Gasteiger partial charge < -0.3 is 22.0 Å². The summed E-state index contributed by atoms with van der Waals surface area (Å²) in [6.45, 7) is 30.1. The van der Waals surface area contributed by atoms with E-state index in [0.717, 1.165) is 0 Å². The summed E-state index contributed by atoms with van der Waals surface area (Å²) in [7, 11) is 0. The minimum Gasteiger partial charge on any atom is -0.358 e. The van der Waals surface area contributed by atoms with Crippen LogP contribution in [0.5, 0.6) is 0 Å². The van der Waals surface area contributed by atoms with Crippen molar-refractivity contribution in [2.75, 3.05) is 0 Å². The molecule has 0 aromatic heterocycles. The molecule has 17 heavy (non-hydrogen) atoms. The predicted molar refractivity (Wildman–Crippen MR) is 71.6 cm³/mol. The molecule has 0 saturated carbocycles. The summed E-state index contributed by atoms with van der Waals surface area (Å²) in [5.74, 6) is 0. The van der Waals surface area contributed by atoms with Crippen LogP contribution in [0.3, 0.4) is 0 Å². The second kappa shape index (κ2) is 24.3. The Hall–Kier alpha value is -1.01. The average molecular weight is 277 g/mol. The van der Waals surface area contributed by atoms with Crippen LogP contribution >= 0.6 is 0 Å². The summed E-state index contributed by atoms with van der Waals surface area (Å²) in [5.41, 5.74) is 0. The maximum atomic E-state index is 6.28. The molecule has 0 rings (SSSR count). The SMILES string of the molecule is [C-]#[N+]C(C)C.[C-]#[N+]C(C)C.[C-]#[N+]C(C)C.[CH3-].[Mn]. The molecule has 0 aliphatic rings. The summed E-state index contributed by atoms with van der Waals surface area (Å²) in [6.07, 6.45) is 0. The third-order valence-corrected chi connectivity index (χ3v) is 0.775. The second-order valence-electron chi connectivity index (χ2n) is 3.67. The molecule has 0 heterocycles. The smallest absolute Gasteiger partial charge is 0.218 e. The molecule has 0 unspecified atom stereocenters. The zero-order valence-electron chi connectivity index (χ0n) is 12.0. The molecule has 0 saturated heterocycles. The quantitative estimate of drug-likeness (QED) is 0.460. The van der Waals surface area contributed by atoms with Crippen molar-refractivity contribution in [2.24, 2.45) is 0 Å². The maximum absolute atomic E-state index is 6.28. The van der Waals surface area contributed by atoms with Crippen molar-refractivity contribution < 1.29 is 17.1 Å². The van der Waals surface area contributed by atoms with Gasteiger partial charge in [-0.05, 0) is 0 Å². The van der Waals surface area contributed by atoms with Gasteiger partial charge in [0.25, 0.3) is 0 Å². The van der Waals surface area contributed by atoms with Crippen LogP contribution in [0.25, 0.3) is 14.5 Å². The molecule has 0 atom stereocenters. The molecule has 3 nitrogen and oxygen atoms in total. The Morgan fingerprint density at radius 2 is 0.647 bits per heavy atom. The average Bonchev–Trinajstić information content (AvgIpc) is 2.19. The molecular formula is C13H24MnN3-. The molecule has 0 bridgehead atoms. The number of nitrogens with zero attached hydrogens (tertiary/aromatic N) is 3. The van der Waals surface area contributed by atoms with Crippen molar-refractivity contribution in [1.29, 1.82) is 0 Å². The van der Waals surface area contributed by atoms with E-state index in [2.05, 4.69) is 14.5 Å². The Balaban J connectivity index is -0.0000000400. The van der Waals surface area contributed by atoms with Gasteiger partial charge in [0.1, 0.15) is 0 Å². The van der Waals surface area contributed by atoms with Crippen LogP contribution in [0.1, 0.15) is 41.5 Å². The van der Waals surface area contributed by atoms with Crippen LogP contribution in [0.2, 0.25) is 0 Å². The first-order valence-electron chi connectivity index (χ1n) is 4.91. The summed E-state index contributed by atoms with van der Waals surface area (Å²) in [4.78, 5) is 9.42. The molecule has 0 fully saturated rings. The summed E-state index contributed by atoms with van der Waals surface area (Å²) >= 11 is 0. The largest absolute Gasteiger partial charge is 0.358 e. The Morgan fingerprint density at radius 1 is 0.588 bits per heavy atom. The second-order valence-corrected chi connectivity index (χ2v) is 3.67. The van der Waals surface area contributed by atoms with Gasteiger partial charge in [0.2, 0.25) is 18.1 Å². The van der Waals surface area contributed by atoms with Gasteiger partial charge >= 0.3 is 0 Å². The number of hydrogen-bond acceptors (Lipinski definition) is 0. The predicted octanol–water partition coefficient (Wildman–Crippen LogP) is 4.39. The van der Waals surface area contributed by atoms with Crippen LogP contribution in [0.4, 0.5) is 0 Å². The fraction of sp³-hybridized carbons (Fsp3) is 0.692. The molecule has 1 radical (unpaired) electrons. The molecule has 0 aliphatic carbocycles. The first-order valence-corrected chi connectivity index (χ1v) is 4.91. The first kappa shape index (κ1) is 29.7. The molecular weight excluding hydrogens is 253 g/mol. The van der Waals surface area contributed by atoms with Crippen LogP contribution in [0, 0.1) is 27.1 Å². The third kappa shape index (κ3) is 102. The normalized spacial score (nSPS) is 6.71. The minimum absolute atomic E-state index is 0. The Morgan fingerprint density at radius 3 is 0.647 bits per heavy atom. The molecule has 0 aromatic carbocycles. The van der Waals surface area contributed by atoms with Crippen molar-refractivity contribution >= 4 is 0 Å². The molecule has 0 aromatic rings. The van der Waals surface area contributed by atoms with Crippen molar-refractivity contribution in [2.45, 2.75) is 59.7 Å². The van der Waals surface area contributed by atoms with Crippen molar-refractivity contribution in [3.05, 3.63) is 41.7 Å². The summed E-state index contributed by atoms with van der Waals surface area (Å²) < 4.78 is 0. The van der Waals surface area contributed by atoms with E-state index in [1.54, 1.807) is 0 Å². The van der Waals surface area contributed by atoms with Gasteiger partial charge in [-0.1, -0.05) is 0 Å². The molecule has 4 heteroatoms. The van der Waals surface area contributed by atoms with E-state index in [4.69, 9.17) is 19.7 Å². The van der Waals surface area contributed by atoms with Crippen LogP contribution < -0.4 is 0 Å². The minimum atomic E-state index is 0. The fourth-order valence-corrected chi connectivity index (χ4v) is 0. The van der Waals surface area contributed by atoms with Gasteiger partial charge in [-0.2, -0.15) is 0 Å². The molecule has 0 spiro atoms. The zero-order valence-corrected chi connectivity index (χ0v) is 13.1. The van der Waals surface area contributed by atoms with Gasteiger partial charge in [0, 0.05) is 58.6 Å². The van der Waals surface area contributed by atoms with Gasteiger partial charge in [-0.3, -0.25) is 0 Å². The molecule has 0 aliphatic heterocycles. The van der Waals surface area contributed by atoms with Gasteiger partial charge in [-0.15, -0.1) is 0 Å². The van der Waals surface area contributed by atoms with Crippen molar-refractivity contribution in [3.63, 3.8) is 0 Å². The van der Waals surface area contributed by atoms with Crippen LogP contribution in [-0.2, 0) is 17.1 Å². The number of rotatable bonds is 0. The van der Waals surface area contributed by atoms with Crippen molar-refractivity contribution in [3.8, 4) is 0 Å². The number of hydrogen-bond donors (Lipinski definition) is 0. The molecule has 99 valence electrons. The Bertz CT molecular complexity index is 196. The Labute approximate surface area is 119 Å².